The summed E-state index contributed by atoms with van der Waals surface area (Å²) < 4.78 is 15.8. The summed E-state index contributed by atoms with van der Waals surface area (Å²) in [6, 6.07) is 6.88. The van der Waals surface area contributed by atoms with Gasteiger partial charge in [-0.05, 0) is 24.3 Å². The number of hydrogen-bond donors (Lipinski definition) is 1. The monoisotopic (exact) mass is 358 g/mol. The lowest BCUT2D eigenvalue weighted by molar-refractivity contribution is 0.0949. The number of nitrogens with zero attached hydrogens (tertiary/aromatic N) is 3. The van der Waals surface area contributed by atoms with Gasteiger partial charge in [0, 0.05) is 24.8 Å². The number of anilines is 1. The fourth-order valence-electron chi connectivity index (χ4n) is 2.68. The maximum Gasteiger partial charge on any atom is 0.251 e. The van der Waals surface area contributed by atoms with E-state index >= 15 is 0 Å². The van der Waals surface area contributed by atoms with E-state index in [1.165, 1.54) is 7.11 Å². The largest absolute Gasteiger partial charge is 0.493 e. The van der Waals surface area contributed by atoms with E-state index in [1.807, 2.05) is 6.07 Å². The number of carbonyl (C=O) groups is 1. The Morgan fingerprint density at radius 1 is 1.19 bits per heavy atom. The first-order chi connectivity index (χ1) is 12.7. The summed E-state index contributed by atoms with van der Waals surface area (Å²) in [5.41, 5.74) is 0.479. The van der Waals surface area contributed by atoms with Gasteiger partial charge < -0.3 is 24.4 Å². The molecule has 0 radical (unpaired) electrons. The average molecular weight is 358 g/mol. The molecule has 0 aliphatic carbocycles. The summed E-state index contributed by atoms with van der Waals surface area (Å²) in [6.07, 6.45) is 1.70. The van der Waals surface area contributed by atoms with Crippen LogP contribution in [0.4, 0.5) is 5.82 Å². The molecular formula is C18H22N4O4. The number of morpholine rings is 1. The summed E-state index contributed by atoms with van der Waals surface area (Å²) >= 11 is 0. The highest BCUT2D eigenvalue weighted by Crippen LogP contribution is 2.27. The van der Waals surface area contributed by atoms with Crippen molar-refractivity contribution >= 4 is 11.7 Å². The SMILES string of the molecule is COc1ccc(C(=O)NCc2nccc(N3CCOCC3)n2)cc1OC. The quantitative estimate of drug-likeness (QED) is 0.832. The Morgan fingerprint density at radius 2 is 1.96 bits per heavy atom. The van der Waals surface area contributed by atoms with Gasteiger partial charge in [-0.15, -0.1) is 0 Å². The second kappa shape index (κ2) is 8.48. The predicted octanol–water partition coefficient (Wildman–Crippen LogP) is 1.26. The minimum atomic E-state index is -0.230. The van der Waals surface area contributed by atoms with Gasteiger partial charge in [0.25, 0.3) is 5.91 Å². The van der Waals surface area contributed by atoms with E-state index in [9.17, 15) is 4.79 Å². The van der Waals surface area contributed by atoms with Gasteiger partial charge in [0.2, 0.25) is 0 Å². The highest BCUT2D eigenvalue weighted by molar-refractivity contribution is 5.94. The zero-order valence-corrected chi connectivity index (χ0v) is 14.9. The highest BCUT2D eigenvalue weighted by atomic mass is 16.5. The molecule has 1 aromatic carbocycles. The molecule has 1 aliphatic rings. The number of aromatic nitrogens is 2. The van der Waals surface area contributed by atoms with Crippen LogP contribution < -0.4 is 19.7 Å². The number of rotatable bonds is 6. The van der Waals surface area contributed by atoms with E-state index in [-0.39, 0.29) is 12.5 Å². The highest BCUT2D eigenvalue weighted by Gasteiger charge is 2.14. The van der Waals surface area contributed by atoms with Crippen molar-refractivity contribution < 1.29 is 19.0 Å². The zero-order valence-electron chi connectivity index (χ0n) is 14.9. The van der Waals surface area contributed by atoms with Crippen LogP contribution >= 0.6 is 0 Å². The lowest BCUT2D eigenvalue weighted by Crippen LogP contribution is -2.37. The van der Waals surface area contributed by atoms with Crippen molar-refractivity contribution in [1.29, 1.82) is 0 Å². The molecule has 0 spiro atoms. The third-order valence-electron chi connectivity index (χ3n) is 4.08. The predicted molar refractivity (Wildman–Crippen MR) is 95.8 cm³/mol. The van der Waals surface area contributed by atoms with Crippen LogP contribution in [0, 0.1) is 0 Å². The molecule has 1 aromatic heterocycles. The molecule has 1 fully saturated rings. The van der Waals surface area contributed by atoms with E-state index in [2.05, 4.69) is 20.2 Å². The van der Waals surface area contributed by atoms with Crippen molar-refractivity contribution in [3.8, 4) is 11.5 Å². The fraction of sp³-hybridized carbons (Fsp3) is 0.389. The maximum absolute atomic E-state index is 12.4. The number of amides is 1. The maximum atomic E-state index is 12.4. The second-order valence-electron chi connectivity index (χ2n) is 5.68. The average Bonchev–Trinajstić information content (AvgIpc) is 2.72. The summed E-state index contributed by atoms with van der Waals surface area (Å²) in [4.78, 5) is 23.3. The third kappa shape index (κ3) is 4.20. The lowest BCUT2D eigenvalue weighted by Gasteiger charge is -2.27. The lowest BCUT2D eigenvalue weighted by atomic mass is 10.2. The van der Waals surface area contributed by atoms with Crippen LogP contribution in [0.3, 0.4) is 0 Å². The second-order valence-corrected chi connectivity index (χ2v) is 5.68. The first-order valence-electron chi connectivity index (χ1n) is 8.36. The molecule has 0 atom stereocenters. The van der Waals surface area contributed by atoms with Crippen LogP contribution in [0.5, 0.6) is 11.5 Å². The summed E-state index contributed by atoms with van der Waals surface area (Å²) in [6.45, 7) is 3.22. The molecule has 8 heteroatoms. The van der Waals surface area contributed by atoms with Crippen molar-refractivity contribution in [2.75, 3.05) is 45.4 Å². The van der Waals surface area contributed by atoms with Crippen LogP contribution in [-0.4, -0.2) is 56.4 Å². The molecule has 0 saturated carbocycles. The Balaban J connectivity index is 1.64. The van der Waals surface area contributed by atoms with Crippen molar-refractivity contribution in [3.63, 3.8) is 0 Å². The minimum absolute atomic E-state index is 0.230. The Kier molecular flexibility index (Phi) is 5.85. The molecule has 1 amide bonds. The minimum Gasteiger partial charge on any atom is -0.493 e. The van der Waals surface area contributed by atoms with Gasteiger partial charge in [-0.2, -0.15) is 0 Å². The van der Waals surface area contributed by atoms with Gasteiger partial charge in [-0.25, -0.2) is 9.97 Å². The molecule has 1 saturated heterocycles. The van der Waals surface area contributed by atoms with Gasteiger partial charge in [-0.3, -0.25) is 4.79 Å². The third-order valence-corrected chi connectivity index (χ3v) is 4.08. The normalized spacial score (nSPS) is 14.0. The first kappa shape index (κ1) is 17.9. The van der Waals surface area contributed by atoms with Crippen molar-refractivity contribution in [1.82, 2.24) is 15.3 Å². The number of benzene rings is 1. The Hall–Kier alpha value is -2.87. The van der Waals surface area contributed by atoms with E-state index < -0.39 is 0 Å². The molecule has 0 unspecified atom stereocenters. The van der Waals surface area contributed by atoms with E-state index in [0.717, 1.165) is 18.9 Å². The summed E-state index contributed by atoms with van der Waals surface area (Å²) in [5.74, 6) is 2.25. The number of methoxy groups -OCH3 is 2. The molecule has 1 aliphatic heterocycles. The van der Waals surface area contributed by atoms with Crippen LogP contribution in [0.25, 0.3) is 0 Å². The van der Waals surface area contributed by atoms with Crippen LogP contribution in [0.15, 0.2) is 30.5 Å². The molecule has 26 heavy (non-hydrogen) atoms. The molecule has 1 N–H and O–H groups in total. The number of ether oxygens (including phenoxy) is 3. The van der Waals surface area contributed by atoms with Crippen molar-refractivity contribution in [2.24, 2.45) is 0 Å². The number of nitrogens with one attached hydrogen (secondary N) is 1. The Morgan fingerprint density at radius 3 is 2.69 bits per heavy atom. The van der Waals surface area contributed by atoms with E-state index in [4.69, 9.17) is 14.2 Å². The van der Waals surface area contributed by atoms with Crippen LogP contribution in [0.1, 0.15) is 16.2 Å². The zero-order chi connectivity index (χ0) is 18.4. The van der Waals surface area contributed by atoms with Crippen molar-refractivity contribution in [2.45, 2.75) is 6.54 Å². The molecular weight excluding hydrogens is 336 g/mol. The smallest absolute Gasteiger partial charge is 0.251 e. The molecule has 138 valence electrons. The van der Waals surface area contributed by atoms with E-state index in [1.54, 1.807) is 31.5 Å². The van der Waals surface area contributed by atoms with Gasteiger partial charge in [0.05, 0.1) is 34.0 Å². The van der Waals surface area contributed by atoms with Gasteiger partial charge >= 0.3 is 0 Å². The van der Waals surface area contributed by atoms with Gasteiger partial charge in [0.15, 0.2) is 11.5 Å². The Labute approximate surface area is 152 Å². The van der Waals surface area contributed by atoms with Crippen LogP contribution in [0.2, 0.25) is 0 Å². The standard InChI is InChI=1S/C18H22N4O4/c1-24-14-4-3-13(11-15(14)25-2)18(23)20-12-16-19-6-5-17(21-16)22-7-9-26-10-8-22/h3-6,11H,7-10,12H2,1-2H3,(H,20,23). The van der Waals surface area contributed by atoms with Gasteiger partial charge in [0.1, 0.15) is 11.6 Å². The number of carbonyl (C=O) groups excluding carboxylic acids is 1. The summed E-state index contributed by atoms with van der Waals surface area (Å²) in [5, 5.41) is 2.83. The number of hydrogen-bond acceptors (Lipinski definition) is 7. The Bertz CT molecular complexity index is 763. The first-order valence-corrected chi connectivity index (χ1v) is 8.36. The molecule has 3 rings (SSSR count). The van der Waals surface area contributed by atoms with Crippen LogP contribution in [-0.2, 0) is 11.3 Å². The molecule has 8 nitrogen and oxygen atoms in total. The molecule has 2 heterocycles. The van der Waals surface area contributed by atoms with E-state index in [0.29, 0.717) is 36.1 Å². The molecule has 2 aromatic rings. The topological polar surface area (TPSA) is 85.8 Å². The fourth-order valence-corrected chi connectivity index (χ4v) is 2.68. The van der Waals surface area contributed by atoms with Crippen molar-refractivity contribution in [3.05, 3.63) is 41.9 Å². The van der Waals surface area contributed by atoms with Gasteiger partial charge in [-0.1, -0.05) is 0 Å². The summed E-state index contributed by atoms with van der Waals surface area (Å²) in [7, 11) is 3.08. The molecule has 0 bridgehead atoms.